The molecule has 9 nitrogen and oxygen atoms in total. The van der Waals surface area contributed by atoms with Gasteiger partial charge < -0.3 is 19.0 Å². The van der Waals surface area contributed by atoms with Crippen LogP contribution in [0.1, 0.15) is 43.7 Å². The average molecular weight is 630 g/mol. The molecule has 238 valence electrons. The summed E-state index contributed by atoms with van der Waals surface area (Å²) in [6, 6.07) is 29.4. The van der Waals surface area contributed by atoms with Crippen LogP contribution in [0.25, 0.3) is 0 Å². The lowest BCUT2D eigenvalue weighted by atomic mass is 9.76. The lowest BCUT2D eigenvalue weighted by Gasteiger charge is -2.40. The predicted octanol–water partition coefficient (Wildman–Crippen LogP) is 4.78. The van der Waals surface area contributed by atoms with Crippen LogP contribution in [0.2, 0.25) is 18.1 Å². The quantitative estimate of drug-likeness (QED) is 0.171. The van der Waals surface area contributed by atoms with Crippen LogP contribution in [0, 0.1) is 0 Å². The van der Waals surface area contributed by atoms with E-state index in [1.54, 1.807) is 7.11 Å². The highest BCUT2D eigenvalue weighted by atomic mass is 28.4. The van der Waals surface area contributed by atoms with Crippen LogP contribution in [0.4, 0.5) is 0 Å². The van der Waals surface area contributed by atoms with Gasteiger partial charge in [0.15, 0.2) is 14.5 Å². The molecule has 1 aliphatic heterocycles. The van der Waals surface area contributed by atoms with Crippen molar-refractivity contribution in [3.8, 4) is 5.75 Å². The smallest absolute Gasteiger partial charge is 0.330 e. The fourth-order valence-electron chi connectivity index (χ4n) is 5.66. The summed E-state index contributed by atoms with van der Waals surface area (Å²) >= 11 is 0. The molecular weight excluding hydrogens is 586 g/mol. The monoisotopic (exact) mass is 629 g/mol. The molecule has 45 heavy (non-hydrogen) atoms. The number of ether oxygens (including phenoxy) is 2. The maximum atomic E-state index is 12.9. The van der Waals surface area contributed by atoms with Crippen molar-refractivity contribution in [3.63, 3.8) is 0 Å². The zero-order chi connectivity index (χ0) is 32.4. The molecule has 0 amide bonds. The Morgan fingerprint density at radius 3 is 1.96 bits per heavy atom. The lowest BCUT2D eigenvalue weighted by molar-refractivity contribution is -0.0369. The number of methoxy groups -OCH3 is 1. The summed E-state index contributed by atoms with van der Waals surface area (Å²) in [7, 11) is -0.791. The standard InChI is InChI=1S/C35H43N3O6Si/c1-34(2,3)45(5,6)44-31-30(40)28(43-32(31)38-22-21-29(39)37-33(38)41)23-36-35(24-13-9-7-10-14-24,25-15-11-8-12-16-25)26-17-19-27(42-4)20-18-26/h7-22,28,30-32,36,40H,23H2,1-6H3,(H,37,39,41)/t28-,30-,31-,32-/m1/s1. The van der Waals surface area contributed by atoms with Gasteiger partial charge in [-0.05, 0) is 47.0 Å². The Morgan fingerprint density at radius 2 is 1.44 bits per heavy atom. The molecular formula is C35H43N3O6Si. The van der Waals surface area contributed by atoms with Crippen molar-refractivity contribution >= 4 is 8.32 Å². The number of hydrogen-bond acceptors (Lipinski definition) is 7. The number of benzene rings is 3. The number of aromatic amines is 1. The molecule has 0 radical (unpaired) electrons. The van der Waals surface area contributed by atoms with E-state index >= 15 is 0 Å². The van der Waals surface area contributed by atoms with E-state index in [0.717, 1.165) is 22.4 Å². The van der Waals surface area contributed by atoms with Gasteiger partial charge in [-0.25, -0.2) is 4.79 Å². The summed E-state index contributed by atoms with van der Waals surface area (Å²) in [5.74, 6) is 0.739. The molecule has 0 unspecified atom stereocenters. The van der Waals surface area contributed by atoms with Gasteiger partial charge in [-0.15, -0.1) is 0 Å². The number of nitrogens with zero attached hydrogens (tertiary/aromatic N) is 1. The first kappa shape index (κ1) is 32.6. The normalized spacial score (nSPS) is 20.7. The Labute approximate surface area is 265 Å². The second-order valence-corrected chi connectivity index (χ2v) is 17.8. The van der Waals surface area contributed by atoms with Crippen molar-refractivity contribution in [3.05, 3.63) is 135 Å². The Bertz CT molecular complexity index is 1640. The van der Waals surface area contributed by atoms with Crippen molar-refractivity contribution in [2.75, 3.05) is 13.7 Å². The zero-order valence-corrected chi connectivity index (χ0v) is 27.7. The average Bonchev–Trinajstić information content (AvgIpc) is 3.32. The van der Waals surface area contributed by atoms with E-state index in [4.69, 9.17) is 13.9 Å². The Kier molecular flexibility index (Phi) is 9.34. The van der Waals surface area contributed by atoms with Gasteiger partial charge in [0, 0.05) is 18.8 Å². The number of rotatable bonds is 10. The largest absolute Gasteiger partial charge is 0.497 e. The van der Waals surface area contributed by atoms with E-state index in [1.165, 1.54) is 16.8 Å². The highest BCUT2D eigenvalue weighted by molar-refractivity contribution is 6.74. The first-order valence-corrected chi connectivity index (χ1v) is 18.1. The molecule has 10 heteroatoms. The molecule has 1 fully saturated rings. The minimum Gasteiger partial charge on any atom is -0.497 e. The summed E-state index contributed by atoms with van der Waals surface area (Å²) in [5.41, 5.74) is 0.993. The van der Waals surface area contributed by atoms with Gasteiger partial charge in [-0.1, -0.05) is 93.6 Å². The number of aromatic nitrogens is 2. The van der Waals surface area contributed by atoms with Crippen molar-refractivity contribution < 1.29 is 19.0 Å². The molecule has 1 aromatic heterocycles. The van der Waals surface area contributed by atoms with Crippen LogP contribution < -0.4 is 21.3 Å². The second kappa shape index (κ2) is 12.9. The van der Waals surface area contributed by atoms with E-state index in [2.05, 4.69) is 68.4 Å². The van der Waals surface area contributed by atoms with Crippen molar-refractivity contribution in [1.29, 1.82) is 0 Å². The number of H-pyrrole nitrogens is 1. The number of aliphatic hydroxyl groups is 1. The molecule has 2 heterocycles. The summed E-state index contributed by atoms with van der Waals surface area (Å²) < 4.78 is 20.0. The van der Waals surface area contributed by atoms with Crippen LogP contribution in [0.3, 0.4) is 0 Å². The summed E-state index contributed by atoms with van der Waals surface area (Å²) in [4.78, 5) is 27.1. The molecule has 0 bridgehead atoms. The number of hydrogen-bond donors (Lipinski definition) is 3. The summed E-state index contributed by atoms with van der Waals surface area (Å²) in [6.45, 7) is 10.7. The maximum absolute atomic E-state index is 12.9. The van der Waals surface area contributed by atoms with E-state index < -0.39 is 49.6 Å². The van der Waals surface area contributed by atoms with Crippen molar-refractivity contribution in [1.82, 2.24) is 14.9 Å². The van der Waals surface area contributed by atoms with Gasteiger partial charge in [-0.3, -0.25) is 19.7 Å². The first-order valence-electron chi connectivity index (χ1n) is 15.2. The van der Waals surface area contributed by atoms with Crippen LogP contribution in [-0.4, -0.2) is 54.9 Å². The van der Waals surface area contributed by atoms with Crippen LogP contribution in [0.5, 0.6) is 5.75 Å². The van der Waals surface area contributed by atoms with E-state index in [1.807, 2.05) is 60.7 Å². The minimum absolute atomic E-state index is 0.159. The zero-order valence-electron chi connectivity index (χ0n) is 26.7. The van der Waals surface area contributed by atoms with Crippen LogP contribution in [0.15, 0.2) is 107 Å². The Morgan fingerprint density at radius 1 is 0.889 bits per heavy atom. The molecule has 4 atom stereocenters. The molecule has 0 aliphatic carbocycles. The molecule has 0 spiro atoms. The lowest BCUT2D eigenvalue weighted by Crippen LogP contribution is -2.51. The molecule has 3 aromatic carbocycles. The van der Waals surface area contributed by atoms with Gasteiger partial charge in [0.25, 0.3) is 5.56 Å². The second-order valence-electron chi connectivity index (χ2n) is 13.0. The SMILES string of the molecule is COc1ccc(C(NC[C@H]2O[C@@H](n3ccc(=O)[nH]c3=O)[C@H](O[Si](C)(C)C(C)(C)C)[C@@H]2O)(c2ccccc2)c2ccccc2)cc1. The van der Waals surface area contributed by atoms with Crippen molar-refractivity contribution in [2.24, 2.45) is 0 Å². The Balaban J connectivity index is 1.57. The van der Waals surface area contributed by atoms with E-state index in [9.17, 15) is 14.7 Å². The third kappa shape index (κ3) is 6.47. The fourth-order valence-corrected chi connectivity index (χ4v) is 6.95. The van der Waals surface area contributed by atoms with E-state index in [0.29, 0.717) is 0 Å². The topological polar surface area (TPSA) is 115 Å². The van der Waals surface area contributed by atoms with E-state index in [-0.39, 0.29) is 11.6 Å². The Hall–Kier alpha value is -3.80. The molecule has 4 aromatic rings. The maximum Gasteiger partial charge on any atom is 0.330 e. The minimum atomic E-state index is -2.43. The van der Waals surface area contributed by atoms with Gasteiger partial charge >= 0.3 is 5.69 Å². The molecule has 5 rings (SSSR count). The van der Waals surface area contributed by atoms with Gasteiger partial charge in [0.05, 0.1) is 12.6 Å². The highest BCUT2D eigenvalue weighted by Gasteiger charge is 2.51. The highest BCUT2D eigenvalue weighted by Crippen LogP contribution is 2.42. The molecule has 0 saturated carbocycles. The first-order chi connectivity index (χ1) is 21.4. The van der Waals surface area contributed by atoms with Crippen molar-refractivity contribution in [2.45, 2.75) is 69.0 Å². The van der Waals surface area contributed by atoms with Crippen LogP contribution in [-0.2, 0) is 14.7 Å². The molecule has 3 N–H and O–H groups in total. The number of nitrogens with one attached hydrogen (secondary N) is 2. The number of aliphatic hydroxyl groups excluding tert-OH is 1. The van der Waals surface area contributed by atoms with Gasteiger partial charge in [0.1, 0.15) is 24.1 Å². The predicted molar refractivity (Wildman–Crippen MR) is 177 cm³/mol. The summed E-state index contributed by atoms with van der Waals surface area (Å²) in [6.07, 6.45) is -2.23. The summed E-state index contributed by atoms with van der Waals surface area (Å²) in [5, 5.41) is 15.5. The fraction of sp³-hybridized carbons (Fsp3) is 0.371. The molecule has 1 aliphatic rings. The van der Waals surface area contributed by atoms with Crippen LogP contribution >= 0.6 is 0 Å². The third-order valence-corrected chi connectivity index (χ3v) is 13.7. The van der Waals surface area contributed by atoms with Gasteiger partial charge in [0.2, 0.25) is 0 Å². The molecule has 1 saturated heterocycles. The third-order valence-electron chi connectivity index (χ3n) is 9.18. The van der Waals surface area contributed by atoms with Gasteiger partial charge in [-0.2, -0.15) is 0 Å².